The van der Waals surface area contributed by atoms with E-state index in [1.54, 1.807) is 12.1 Å². The van der Waals surface area contributed by atoms with Gasteiger partial charge in [-0.1, -0.05) is 49.6 Å². The number of hydrogen-bond donors (Lipinski definition) is 2. The molecule has 1 fully saturated rings. The molecule has 0 saturated heterocycles. The van der Waals surface area contributed by atoms with Gasteiger partial charge in [0.15, 0.2) is 0 Å². The monoisotopic (exact) mass is 322 g/mol. The maximum Gasteiger partial charge on any atom is 0.328 e. The van der Waals surface area contributed by atoms with Crippen LogP contribution < -0.4 is 10.0 Å². The zero-order valence-corrected chi connectivity index (χ0v) is 13.5. The molecule has 1 aromatic carbocycles. The first-order valence-corrected chi connectivity index (χ1v) is 9.02. The van der Waals surface area contributed by atoms with E-state index in [-0.39, 0.29) is 10.9 Å². The van der Waals surface area contributed by atoms with Gasteiger partial charge in [0.05, 0.1) is 4.91 Å². The average molecular weight is 322 g/mol. The normalized spacial score (nSPS) is 17.0. The molecule has 22 heavy (non-hydrogen) atoms. The fraction of sp³-hybridized carbons (Fsp3) is 0.438. The van der Waals surface area contributed by atoms with Gasteiger partial charge in [-0.05, 0) is 31.4 Å². The summed E-state index contributed by atoms with van der Waals surface area (Å²) in [5.74, 6) is 0. The van der Waals surface area contributed by atoms with Crippen LogP contribution in [0.25, 0.3) is 6.08 Å². The summed E-state index contributed by atoms with van der Waals surface area (Å²) in [6.45, 7) is 1.48. The molecule has 0 aliphatic heterocycles. The summed E-state index contributed by atoms with van der Waals surface area (Å²) < 4.78 is 26.4. The lowest BCUT2D eigenvalue weighted by Crippen LogP contribution is -2.45. The molecule has 1 aromatic rings. The predicted molar refractivity (Wildman–Crippen MR) is 87.6 cm³/mol. The van der Waals surface area contributed by atoms with E-state index in [9.17, 15) is 13.2 Å². The van der Waals surface area contributed by atoms with Crippen LogP contribution in [-0.2, 0) is 10.0 Å². The molecule has 5 nitrogen and oxygen atoms in total. The van der Waals surface area contributed by atoms with E-state index in [0.717, 1.165) is 31.2 Å². The van der Waals surface area contributed by atoms with Crippen LogP contribution in [0.3, 0.4) is 0 Å². The summed E-state index contributed by atoms with van der Waals surface area (Å²) in [6, 6.07) is 8.55. The smallest absolute Gasteiger partial charge is 0.328 e. The Bertz CT molecular complexity index is 633. The van der Waals surface area contributed by atoms with E-state index in [1.807, 2.05) is 18.2 Å². The molecule has 6 heteroatoms. The van der Waals surface area contributed by atoms with Gasteiger partial charge in [0.2, 0.25) is 0 Å². The van der Waals surface area contributed by atoms with Crippen molar-refractivity contribution in [3.63, 3.8) is 0 Å². The number of nitrogens with one attached hydrogen (secondary N) is 2. The number of urea groups is 1. The Labute approximate surface area is 131 Å². The van der Waals surface area contributed by atoms with Crippen molar-refractivity contribution >= 4 is 22.1 Å². The molecule has 0 radical (unpaired) electrons. The third-order valence-corrected chi connectivity index (χ3v) is 5.18. The second kappa shape index (κ2) is 7.45. The molecule has 0 unspecified atom stereocenters. The van der Waals surface area contributed by atoms with E-state index in [2.05, 4.69) is 10.0 Å². The molecule has 0 bridgehead atoms. The van der Waals surface area contributed by atoms with Crippen molar-refractivity contribution in [2.45, 2.75) is 45.1 Å². The van der Waals surface area contributed by atoms with Crippen LogP contribution in [0.1, 0.15) is 44.6 Å². The molecular weight excluding hydrogens is 300 g/mol. The summed E-state index contributed by atoms with van der Waals surface area (Å²) >= 11 is 0. The van der Waals surface area contributed by atoms with Gasteiger partial charge in [-0.25, -0.2) is 17.9 Å². The van der Waals surface area contributed by atoms with Gasteiger partial charge in [0.1, 0.15) is 0 Å². The minimum Gasteiger partial charge on any atom is -0.335 e. The van der Waals surface area contributed by atoms with Gasteiger partial charge < -0.3 is 5.32 Å². The highest BCUT2D eigenvalue weighted by Gasteiger charge is 2.20. The van der Waals surface area contributed by atoms with Gasteiger partial charge in [0.25, 0.3) is 10.0 Å². The van der Waals surface area contributed by atoms with Crippen LogP contribution in [0, 0.1) is 0 Å². The fourth-order valence-corrected chi connectivity index (χ4v) is 3.28. The number of carbonyl (C=O) groups excluding carboxylic acids is 1. The summed E-state index contributed by atoms with van der Waals surface area (Å²) in [5, 5.41) is 2.74. The highest BCUT2D eigenvalue weighted by molar-refractivity contribution is 7.94. The van der Waals surface area contributed by atoms with E-state index in [4.69, 9.17) is 0 Å². The van der Waals surface area contributed by atoms with E-state index < -0.39 is 16.1 Å². The summed E-state index contributed by atoms with van der Waals surface area (Å²) in [6.07, 6.45) is 6.68. The van der Waals surface area contributed by atoms with E-state index in [1.165, 1.54) is 19.4 Å². The predicted octanol–water partition coefficient (Wildman–Crippen LogP) is 3.01. The molecule has 2 N–H and O–H groups in total. The minimum absolute atomic E-state index is 0.0716. The van der Waals surface area contributed by atoms with Gasteiger partial charge in [-0.3, -0.25) is 0 Å². The van der Waals surface area contributed by atoms with Gasteiger partial charge in [0, 0.05) is 6.04 Å². The fourth-order valence-electron chi connectivity index (χ4n) is 2.53. The quantitative estimate of drug-likeness (QED) is 0.895. The Balaban J connectivity index is 1.97. The Hall–Kier alpha value is -1.82. The Morgan fingerprint density at radius 3 is 2.41 bits per heavy atom. The number of sulfonamides is 1. The topological polar surface area (TPSA) is 75.3 Å². The average Bonchev–Trinajstić information content (AvgIpc) is 2.48. The first-order chi connectivity index (χ1) is 10.5. The van der Waals surface area contributed by atoms with Gasteiger partial charge in [-0.2, -0.15) is 0 Å². The van der Waals surface area contributed by atoms with Crippen molar-refractivity contribution in [3.05, 3.63) is 40.8 Å². The van der Waals surface area contributed by atoms with Crippen molar-refractivity contribution in [1.82, 2.24) is 10.0 Å². The Kier molecular flexibility index (Phi) is 5.60. The standard InChI is InChI=1S/C16H22N2O3S/c1-13(12-14-8-4-2-5-9-14)22(20,21)18-16(19)17-15-10-6-3-7-11-15/h2,4-5,8-9,12,15H,3,6-7,10-11H2,1H3,(H2,17,18,19). The number of allylic oxidation sites excluding steroid dienone is 1. The lowest BCUT2D eigenvalue weighted by Gasteiger charge is -2.22. The lowest BCUT2D eigenvalue weighted by molar-refractivity contribution is 0.238. The van der Waals surface area contributed by atoms with Crippen LogP contribution in [-0.4, -0.2) is 20.5 Å². The number of benzene rings is 1. The molecule has 120 valence electrons. The highest BCUT2D eigenvalue weighted by Crippen LogP contribution is 2.17. The maximum absolute atomic E-state index is 12.1. The third-order valence-electron chi connectivity index (χ3n) is 3.76. The van der Waals surface area contributed by atoms with Crippen LogP contribution in [0.5, 0.6) is 0 Å². The van der Waals surface area contributed by atoms with Crippen molar-refractivity contribution in [2.75, 3.05) is 0 Å². The molecule has 1 aliphatic carbocycles. The Morgan fingerprint density at radius 2 is 1.77 bits per heavy atom. The maximum atomic E-state index is 12.1. The van der Waals surface area contributed by atoms with Gasteiger partial charge in [-0.15, -0.1) is 0 Å². The second-order valence-electron chi connectivity index (χ2n) is 5.58. The van der Waals surface area contributed by atoms with E-state index in [0.29, 0.717) is 0 Å². The molecule has 0 atom stereocenters. The van der Waals surface area contributed by atoms with Gasteiger partial charge >= 0.3 is 6.03 Å². The highest BCUT2D eigenvalue weighted by atomic mass is 32.2. The first-order valence-electron chi connectivity index (χ1n) is 7.54. The third kappa shape index (κ3) is 4.87. The zero-order chi connectivity index (χ0) is 16.0. The number of carbonyl (C=O) groups is 1. The van der Waals surface area contributed by atoms with Crippen LogP contribution in [0.4, 0.5) is 4.79 Å². The molecule has 0 aromatic heterocycles. The van der Waals surface area contributed by atoms with E-state index >= 15 is 0 Å². The summed E-state index contributed by atoms with van der Waals surface area (Å²) in [4.78, 5) is 12.0. The summed E-state index contributed by atoms with van der Waals surface area (Å²) in [7, 11) is -3.81. The second-order valence-corrected chi connectivity index (χ2v) is 7.43. The summed E-state index contributed by atoms with van der Waals surface area (Å²) in [5.41, 5.74) is 0.776. The van der Waals surface area contributed by atoms with Crippen molar-refractivity contribution < 1.29 is 13.2 Å². The number of amides is 2. The van der Waals surface area contributed by atoms with Crippen LogP contribution in [0.2, 0.25) is 0 Å². The molecule has 0 spiro atoms. The minimum atomic E-state index is -3.81. The lowest BCUT2D eigenvalue weighted by atomic mass is 9.96. The molecule has 1 saturated carbocycles. The molecule has 2 rings (SSSR count). The Morgan fingerprint density at radius 1 is 1.14 bits per heavy atom. The molecule has 0 heterocycles. The zero-order valence-electron chi connectivity index (χ0n) is 12.7. The van der Waals surface area contributed by atoms with Crippen molar-refractivity contribution in [2.24, 2.45) is 0 Å². The first kappa shape index (κ1) is 16.5. The van der Waals surface area contributed by atoms with Crippen LogP contribution >= 0.6 is 0 Å². The SMILES string of the molecule is CC(=Cc1ccccc1)S(=O)(=O)NC(=O)NC1CCCCC1. The van der Waals surface area contributed by atoms with Crippen molar-refractivity contribution in [3.8, 4) is 0 Å². The molecule has 2 amide bonds. The molecule has 1 aliphatic rings. The van der Waals surface area contributed by atoms with Crippen molar-refractivity contribution in [1.29, 1.82) is 0 Å². The number of hydrogen-bond acceptors (Lipinski definition) is 3. The number of rotatable bonds is 4. The molecular formula is C16H22N2O3S. The van der Waals surface area contributed by atoms with Crippen LogP contribution in [0.15, 0.2) is 35.2 Å². The largest absolute Gasteiger partial charge is 0.335 e.